The van der Waals surface area contributed by atoms with Crippen LogP contribution in [-0.4, -0.2) is 22.6 Å². The number of nitrogens with one attached hydrogen (secondary N) is 1. The zero-order chi connectivity index (χ0) is 16.1. The van der Waals surface area contributed by atoms with Crippen LogP contribution in [0.15, 0.2) is 67.3 Å². The Labute approximate surface area is 134 Å². The lowest BCUT2D eigenvalue weighted by atomic mass is 10.1. The molecule has 0 spiro atoms. The number of carbonyl (C=O) groups is 1. The van der Waals surface area contributed by atoms with Crippen LogP contribution in [0.25, 0.3) is 0 Å². The molecule has 1 heterocycles. The zero-order valence-electron chi connectivity index (χ0n) is 12.8. The van der Waals surface area contributed by atoms with Gasteiger partial charge in [0.2, 0.25) is 0 Å². The third-order valence-corrected chi connectivity index (χ3v) is 3.50. The van der Waals surface area contributed by atoms with E-state index in [1.54, 1.807) is 19.6 Å². The van der Waals surface area contributed by atoms with E-state index in [2.05, 4.69) is 10.3 Å². The molecule has 0 saturated carbocycles. The Morgan fingerprint density at radius 2 is 1.96 bits per heavy atom. The highest BCUT2D eigenvalue weighted by molar-refractivity contribution is 6.05. The molecule has 2 aromatic carbocycles. The second-order valence-electron chi connectivity index (χ2n) is 5.09. The Morgan fingerprint density at radius 1 is 1.17 bits per heavy atom. The number of amides is 1. The molecule has 0 bridgehead atoms. The van der Waals surface area contributed by atoms with Gasteiger partial charge in [-0.05, 0) is 29.8 Å². The summed E-state index contributed by atoms with van der Waals surface area (Å²) >= 11 is 0. The fraction of sp³-hybridized carbons (Fsp3) is 0.111. The van der Waals surface area contributed by atoms with Crippen LogP contribution >= 0.6 is 0 Å². The van der Waals surface area contributed by atoms with Gasteiger partial charge in [-0.2, -0.15) is 0 Å². The molecule has 5 nitrogen and oxygen atoms in total. The van der Waals surface area contributed by atoms with Crippen molar-refractivity contribution in [1.29, 1.82) is 0 Å². The average molecular weight is 307 g/mol. The first-order chi connectivity index (χ1) is 11.3. The third kappa shape index (κ3) is 3.58. The second-order valence-corrected chi connectivity index (χ2v) is 5.09. The van der Waals surface area contributed by atoms with Crippen molar-refractivity contribution in [3.63, 3.8) is 0 Å². The van der Waals surface area contributed by atoms with Crippen molar-refractivity contribution in [1.82, 2.24) is 9.55 Å². The van der Waals surface area contributed by atoms with Gasteiger partial charge in [0.15, 0.2) is 0 Å². The van der Waals surface area contributed by atoms with Crippen LogP contribution in [0.4, 0.5) is 5.69 Å². The number of aromatic nitrogens is 2. The smallest absolute Gasteiger partial charge is 0.255 e. The van der Waals surface area contributed by atoms with E-state index in [-0.39, 0.29) is 5.91 Å². The van der Waals surface area contributed by atoms with Crippen LogP contribution in [0.3, 0.4) is 0 Å². The number of benzene rings is 2. The normalized spacial score (nSPS) is 10.3. The standard InChI is InChI=1S/C18H17N3O2/c1-23-17-5-3-2-4-16(17)20-18(22)15-8-6-14(7-9-15)12-21-11-10-19-13-21/h2-11,13H,12H2,1H3,(H,20,22). The highest BCUT2D eigenvalue weighted by Crippen LogP contribution is 2.23. The first-order valence-electron chi connectivity index (χ1n) is 7.25. The summed E-state index contributed by atoms with van der Waals surface area (Å²) in [5.74, 6) is 0.473. The topological polar surface area (TPSA) is 56.1 Å². The summed E-state index contributed by atoms with van der Waals surface area (Å²) < 4.78 is 7.21. The molecule has 1 amide bonds. The molecule has 0 unspecified atom stereocenters. The van der Waals surface area contributed by atoms with Crippen LogP contribution in [0, 0.1) is 0 Å². The number of ether oxygens (including phenoxy) is 1. The minimum atomic E-state index is -0.163. The maximum atomic E-state index is 12.3. The Balaban J connectivity index is 1.70. The van der Waals surface area contributed by atoms with E-state index in [4.69, 9.17) is 4.74 Å². The molecule has 0 aliphatic rings. The van der Waals surface area contributed by atoms with Crippen molar-refractivity contribution >= 4 is 11.6 Å². The van der Waals surface area contributed by atoms with Crippen molar-refractivity contribution in [3.05, 3.63) is 78.4 Å². The van der Waals surface area contributed by atoms with Crippen molar-refractivity contribution in [2.24, 2.45) is 0 Å². The van der Waals surface area contributed by atoms with Gasteiger partial charge in [0, 0.05) is 24.5 Å². The quantitative estimate of drug-likeness (QED) is 0.787. The van der Waals surface area contributed by atoms with E-state index < -0.39 is 0 Å². The molecule has 3 aromatic rings. The summed E-state index contributed by atoms with van der Waals surface area (Å²) in [6.45, 7) is 0.731. The molecule has 1 aromatic heterocycles. The number of methoxy groups -OCH3 is 1. The first kappa shape index (κ1) is 14.8. The molecule has 23 heavy (non-hydrogen) atoms. The van der Waals surface area contributed by atoms with Crippen LogP contribution < -0.4 is 10.1 Å². The van der Waals surface area contributed by atoms with Gasteiger partial charge < -0.3 is 14.6 Å². The number of nitrogens with zero attached hydrogens (tertiary/aromatic N) is 2. The number of para-hydroxylation sites is 2. The van der Waals surface area contributed by atoms with Gasteiger partial charge in [-0.25, -0.2) is 4.98 Å². The van der Waals surface area contributed by atoms with Crippen LogP contribution in [0.1, 0.15) is 15.9 Å². The van der Waals surface area contributed by atoms with E-state index in [1.807, 2.05) is 59.3 Å². The van der Waals surface area contributed by atoms with E-state index >= 15 is 0 Å². The maximum absolute atomic E-state index is 12.3. The SMILES string of the molecule is COc1ccccc1NC(=O)c1ccc(Cn2ccnc2)cc1. The van der Waals surface area contributed by atoms with Gasteiger partial charge >= 0.3 is 0 Å². The lowest BCUT2D eigenvalue weighted by Crippen LogP contribution is -2.12. The molecule has 0 aliphatic carbocycles. The minimum Gasteiger partial charge on any atom is -0.495 e. The van der Waals surface area contributed by atoms with E-state index in [9.17, 15) is 4.79 Å². The molecule has 5 heteroatoms. The van der Waals surface area contributed by atoms with Gasteiger partial charge in [0.05, 0.1) is 19.1 Å². The molecule has 0 aliphatic heterocycles. The van der Waals surface area contributed by atoms with E-state index in [0.29, 0.717) is 17.0 Å². The summed E-state index contributed by atoms with van der Waals surface area (Å²) in [6.07, 6.45) is 5.42. The Morgan fingerprint density at radius 3 is 2.65 bits per heavy atom. The fourth-order valence-electron chi connectivity index (χ4n) is 2.29. The highest BCUT2D eigenvalue weighted by atomic mass is 16.5. The molecule has 0 radical (unpaired) electrons. The Hall–Kier alpha value is -3.08. The predicted octanol–water partition coefficient (Wildman–Crippen LogP) is 3.19. The molecule has 0 saturated heterocycles. The van der Waals surface area contributed by atoms with Crippen LogP contribution in [-0.2, 0) is 6.54 Å². The zero-order valence-corrected chi connectivity index (χ0v) is 12.8. The predicted molar refractivity (Wildman–Crippen MR) is 88.7 cm³/mol. The van der Waals surface area contributed by atoms with E-state index in [1.165, 1.54) is 0 Å². The maximum Gasteiger partial charge on any atom is 0.255 e. The van der Waals surface area contributed by atoms with Crippen molar-refractivity contribution in [2.75, 3.05) is 12.4 Å². The number of anilines is 1. The van der Waals surface area contributed by atoms with Crippen LogP contribution in [0.5, 0.6) is 5.75 Å². The number of hydrogen-bond donors (Lipinski definition) is 1. The molecular weight excluding hydrogens is 290 g/mol. The first-order valence-corrected chi connectivity index (χ1v) is 7.25. The second kappa shape index (κ2) is 6.79. The Kier molecular flexibility index (Phi) is 4.38. The molecule has 116 valence electrons. The highest BCUT2D eigenvalue weighted by Gasteiger charge is 2.09. The lowest BCUT2D eigenvalue weighted by molar-refractivity contribution is 0.102. The molecular formula is C18H17N3O2. The van der Waals surface area contributed by atoms with Crippen molar-refractivity contribution in [2.45, 2.75) is 6.54 Å². The Bertz CT molecular complexity index is 780. The number of imidazole rings is 1. The molecule has 0 atom stereocenters. The summed E-state index contributed by atoms with van der Waals surface area (Å²) in [4.78, 5) is 16.3. The van der Waals surface area contributed by atoms with Gasteiger partial charge in [-0.15, -0.1) is 0 Å². The monoisotopic (exact) mass is 307 g/mol. The summed E-state index contributed by atoms with van der Waals surface area (Å²) in [6, 6.07) is 14.8. The summed E-state index contributed by atoms with van der Waals surface area (Å²) in [5.41, 5.74) is 2.37. The van der Waals surface area contributed by atoms with Crippen LogP contribution in [0.2, 0.25) is 0 Å². The summed E-state index contributed by atoms with van der Waals surface area (Å²) in [7, 11) is 1.58. The van der Waals surface area contributed by atoms with Gasteiger partial charge in [0.1, 0.15) is 5.75 Å². The lowest BCUT2D eigenvalue weighted by Gasteiger charge is -2.10. The number of hydrogen-bond acceptors (Lipinski definition) is 3. The van der Waals surface area contributed by atoms with Crippen molar-refractivity contribution < 1.29 is 9.53 Å². The largest absolute Gasteiger partial charge is 0.495 e. The fourth-order valence-corrected chi connectivity index (χ4v) is 2.29. The van der Waals surface area contributed by atoms with Crippen molar-refractivity contribution in [3.8, 4) is 5.75 Å². The summed E-state index contributed by atoms with van der Waals surface area (Å²) in [5, 5.41) is 2.86. The van der Waals surface area contributed by atoms with Gasteiger partial charge in [-0.3, -0.25) is 4.79 Å². The number of rotatable bonds is 5. The number of carbonyl (C=O) groups excluding carboxylic acids is 1. The molecule has 0 fully saturated rings. The third-order valence-electron chi connectivity index (χ3n) is 3.50. The van der Waals surface area contributed by atoms with Gasteiger partial charge in [-0.1, -0.05) is 24.3 Å². The average Bonchev–Trinajstić information content (AvgIpc) is 3.09. The minimum absolute atomic E-state index is 0.163. The van der Waals surface area contributed by atoms with Gasteiger partial charge in [0.25, 0.3) is 5.91 Å². The molecule has 3 rings (SSSR count). The molecule has 1 N–H and O–H groups in total. The van der Waals surface area contributed by atoms with E-state index in [0.717, 1.165) is 12.1 Å².